The minimum Gasteiger partial charge on any atom is -0.444 e. The van der Waals surface area contributed by atoms with Crippen LogP contribution >= 0.6 is 0 Å². The number of hydrogen-bond acceptors (Lipinski definition) is 9. The molecule has 0 bridgehead atoms. The molecule has 1 aromatic rings. The summed E-state index contributed by atoms with van der Waals surface area (Å²) in [5.41, 5.74) is -0.772. The lowest BCUT2D eigenvalue weighted by atomic mass is 9.98. The summed E-state index contributed by atoms with van der Waals surface area (Å²) in [6, 6.07) is 5.58. The van der Waals surface area contributed by atoms with E-state index in [1.165, 1.54) is 0 Å². The number of ether oxygens (including phenoxy) is 3. The number of fused-ring (bicyclic) bond motifs is 1. The summed E-state index contributed by atoms with van der Waals surface area (Å²) in [7, 11) is 0. The van der Waals surface area contributed by atoms with Gasteiger partial charge in [0.15, 0.2) is 0 Å². The summed E-state index contributed by atoms with van der Waals surface area (Å²) < 4.78 is 16.0. The summed E-state index contributed by atoms with van der Waals surface area (Å²) in [4.78, 5) is 67.1. The van der Waals surface area contributed by atoms with Gasteiger partial charge in [0.25, 0.3) is 11.8 Å². The Morgan fingerprint density at radius 1 is 0.810 bits per heavy atom. The first-order chi connectivity index (χ1) is 19.6. The van der Waals surface area contributed by atoms with Crippen molar-refractivity contribution in [3.05, 3.63) is 35.4 Å². The number of imide groups is 1. The first kappa shape index (κ1) is 34.5. The van der Waals surface area contributed by atoms with E-state index in [1.54, 1.807) is 65.8 Å². The number of amides is 5. The molecule has 0 fully saturated rings. The molecule has 1 aliphatic heterocycles. The normalized spacial score (nSPS) is 14.6. The monoisotopic (exact) mass is 592 g/mol. The number of benzene rings is 1. The first-order valence-corrected chi connectivity index (χ1v) is 14.0. The third kappa shape index (κ3) is 12.0. The number of carbonyl (C=O) groups is 5. The number of nitrogens with zero attached hydrogens (tertiary/aromatic N) is 1. The van der Waals surface area contributed by atoms with E-state index in [0.29, 0.717) is 24.4 Å². The number of hydroxylamine groups is 2. The summed E-state index contributed by atoms with van der Waals surface area (Å²) >= 11 is 0. The molecule has 0 aromatic heterocycles. The molecule has 13 nitrogen and oxygen atoms in total. The molecule has 3 N–H and O–H groups in total. The number of carbonyl (C=O) groups excluding carboxylic acids is 5. The lowest BCUT2D eigenvalue weighted by molar-refractivity contribution is -0.124. The van der Waals surface area contributed by atoms with Crippen molar-refractivity contribution in [2.45, 2.75) is 78.6 Å². The zero-order valence-electron chi connectivity index (χ0n) is 25.5. The highest BCUT2D eigenvalue weighted by atomic mass is 16.7. The van der Waals surface area contributed by atoms with Crippen LogP contribution in [0.5, 0.6) is 0 Å². The van der Waals surface area contributed by atoms with Gasteiger partial charge in [-0.15, -0.1) is 5.06 Å². The van der Waals surface area contributed by atoms with Crippen LogP contribution in [-0.2, 0) is 23.8 Å². The van der Waals surface area contributed by atoms with E-state index >= 15 is 0 Å². The van der Waals surface area contributed by atoms with Gasteiger partial charge in [0.2, 0.25) is 5.91 Å². The van der Waals surface area contributed by atoms with Crippen molar-refractivity contribution in [2.75, 3.05) is 32.9 Å². The van der Waals surface area contributed by atoms with Gasteiger partial charge in [-0.05, 0) is 72.4 Å². The highest BCUT2D eigenvalue weighted by Crippen LogP contribution is 2.22. The largest absolute Gasteiger partial charge is 0.444 e. The Balaban J connectivity index is 1.76. The zero-order valence-corrected chi connectivity index (χ0v) is 25.5. The van der Waals surface area contributed by atoms with E-state index < -0.39 is 47.2 Å². The average molecular weight is 593 g/mol. The van der Waals surface area contributed by atoms with E-state index in [9.17, 15) is 24.0 Å². The topological polar surface area (TPSA) is 162 Å². The summed E-state index contributed by atoms with van der Waals surface area (Å²) in [5.74, 6) is -1.51. The summed E-state index contributed by atoms with van der Waals surface area (Å²) in [6.45, 7) is 13.1. The molecule has 0 radical (unpaired) electrons. The molecule has 0 aliphatic carbocycles. The highest BCUT2D eigenvalue weighted by Gasteiger charge is 2.36. The third-order valence-corrected chi connectivity index (χ3v) is 5.70. The lowest BCUT2D eigenvalue weighted by Crippen LogP contribution is -2.49. The molecule has 234 valence electrons. The van der Waals surface area contributed by atoms with Gasteiger partial charge in [0.1, 0.15) is 17.2 Å². The van der Waals surface area contributed by atoms with Crippen LogP contribution in [0.1, 0.15) is 82.0 Å². The molecule has 42 heavy (non-hydrogen) atoms. The minimum absolute atomic E-state index is 0.0406. The van der Waals surface area contributed by atoms with Crippen LogP contribution in [-0.4, -0.2) is 85.1 Å². The zero-order chi connectivity index (χ0) is 31.5. The number of nitrogens with one attached hydrogen (secondary N) is 3. The quantitative estimate of drug-likeness (QED) is 0.218. The van der Waals surface area contributed by atoms with Gasteiger partial charge in [0, 0.05) is 13.1 Å². The van der Waals surface area contributed by atoms with Gasteiger partial charge in [0.05, 0.1) is 30.9 Å². The standard InChI is InChI=1S/C29H44N4O9/c1-19(12-13-31-26(37)41-28(2,3)4)18-22(32-27(38)42-29(5,6)7)23(34)30-14-15-39-16-17-40-33-24(35)20-10-8-9-11-21(20)25(33)36/h8-11,19,22H,12-18H2,1-7H3,(H,30,34)(H,31,37)(H,32,38). The summed E-state index contributed by atoms with van der Waals surface area (Å²) in [6.07, 6.45) is -0.390. The fraction of sp³-hybridized carbons (Fsp3) is 0.621. The molecule has 0 saturated carbocycles. The first-order valence-electron chi connectivity index (χ1n) is 14.0. The predicted octanol–water partition coefficient (Wildman–Crippen LogP) is 3.18. The molecule has 1 aliphatic rings. The van der Waals surface area contributed by atoms with Crippen LogP contribution in [0, 0.1) is 5.92 Å². The maximum Gasteiger partial charge on any atom is 0.408 e. The Morgan fingerprint density at radius 2 is 1.38 bits per heavy atom. The Hall–Kier alpha value is -3.71. The Morgan fingerprint density at radius 3 is 1.95 bits per heavy atom. The molecule has 1 aromatic carbocycles. The van der Waals surface area contributed by atoms with Gasteiger partial charge >= 0.3 is 12.2 Å². The van der Waals surface area contributed by atoms with E-state index in [0.717, 1.165) is 0 Å². The summed E-state index contributed by atoms with van der Waals surface area (Å²) in [5, 5.41) is 8.76. The SMILES string of the molecule is CC(CCNC(=O)OC(C)(C)C)CC(NC(=O)OC(C)(C)C)C(=O)NCCOCCON1C(=O)c2ccccc2C1=O. The van der Waals surface area contributed by atoms with Crippen LogP contribution in [0.15, 0.2) is 24.3 Å². The molecule has 0 spiro atoms. The Kier molecular flexibility index (Phi) is 12.7. The van der Waals surface area contributed by atoms with E-state index in [2.05, 4.69) is 16.0 Å². The van der Waals surface area contributed by atoms with Crippen LogP contribution in [0.4, 0.5) is 9.59 Å². The van der Waals surface area contributed by atoms with Gasteiger partial charge in [-0.2, -0.15) is 0 Å². The maximum atomic E-state index is 12.9. The van der Waals surface area contributed by atoms with Crippen LogP contribution in [0.3, 0.4) is 0 Å². The molecular weight excluding hydrogens is 548 g/mol. The second kappa shape index (κ2) is 15.5. The number of rotatable bonds is 14. The second-order valence-electron chi connectivity index (χ2n) is 11.9. The van der Waals surface area contributed by atoms with Crippen molar-refractivity contribution >= 4 is 29.9 Å². The fourth-order valence-electron chi connectivity index (χ4n) is 3.88. The highest BCUT2D eigenvalue weighted by molar-refractivity contribution is 6.20. The smallest absolute Gasteiger partial charge is 0.408 e. The molecule has 2 rings (SSSR count). The van der Waals surface area contributed by atoms with Crippen LogP contribution in [0.25, 0.3) is 0 Å². The van der Waals surface area contributed by atoms with Gasteiger partial charge in [-0.3, -0.25) is 19.2 Å². The third-order valence-electron chi connectivity index (χ3n) is 5.70. The van der Waals surface area contributed by atoms with Crippen molar-refractivity contribution in [1.82, 2.24) is 21.0 Å². The molecule has 0 saturated heterocycles. The van der Waals surface area contributed by atoms with Gasteiger partial charge < -0.3 is 30.2 Å². The molecule has 1 heterocycles. The van der Waals surface area contributed by atoms with Crippen molar-refractivity contribution in [1.29, 1.82) is 0 Å². The second-order valence-corrected chi connectivity index (χ2v) is 11.9. The molecule has 13 heteroatoms. The van der Waals surface area contributed by atoms with Crippen molar-refractivity contribution in [3.63, 3.8) is 0 Å². The number of hydrogen-bond donors (Lipinski definition) is 3. The van der Waals surface area contributed by atoms with Crippen molar-refractivity contribution in [3.8, 4) is 0 Å². The van der Waals surface area contributed by atoms with Gasteiger partial charge in [-0.25, -0.2) is 9.59 Å². The van der Waals surface area contributed by atoms with Crippen molar-refractivity contribution < 1.29 is 43.0 Å². The van der Waals surface area contributed by atoms with Crippen LogP contribution in [0.2, 0.25) is 0 Å². The predicted molar refractivity (Wildman–Crippen MR) is 153 cm³/mol. The molecule has 2 atom stereocenters. The average Bonchev–Trinajstić information content (AvgIpc) is 3.10. The molecular formula is C29H44N4O9. The van der Waals surface area contributed by atoms with Crippen LogP contribution < -0.4 is 16.0 Å². The fourth-order valence-corrected chi connectivity index (χ4v) is 3.88. The van der Waals surface area contributed by atoms with E-state index in [-0.39, 0.29) is 43.4 Å². The Bertz CT molecular complexity index is 1080. The molecule has 2 unspecified atom stereocenters. The minimum atomic E-state index is -0.881. The Labute approximate surface area is 246 Å². The van der Waals surface area contributed by atoms with Gasteiger partial charge in [-0.1, -0.05) is 19.1 Å². The molecule has 5 amide bonds. The van der Waals surface area contributed by atoms with Crippen molar-refractivity contribution in [2.24, 2.45) is 5.92 Å². The lowest BCUT2D eigenvalue weighted by Gasteiger charge is -2.25. The maximum absolute atomic E-state index is 12.9. The van der Waals surface area contributed by atoms with E-state index in [1.807, 2.05) is 6.92 Å². The number of alkyl carbamates (subject to hydrolysis) is 2. The van der Waals surface area contributed by atoms with E-state index in [4.69, 9.17) is 19.0 Å².